The molecule has 0 radical (unpaired) electrons. The Morgan fingerprint density at radius 2 is 1.91 bits per heavy atom. The molecule has 160 valence electrons. The number of hydrogen-bond acceptors (Lipinski definition) is 6. The van der Waals surface area contributed by atoms with Crippen molar-refractivity contribution in [1.82, 2.24) is 4.98 Å². The van der Waals surface area contributed by atoms with Gasteiger partial charge in [0.15, 0.2) is 5.78 Å². The van der Waals surface area contributed by atoms with Crippen LogP contribution in [0.1, 0.15) is 49.0 Å². The smallest absolute Gasteiger partial charge is 0.267 e. The second-order valence-electron chi connectivity index (χ2n) is 7.74. The lowest BCUT2D eigenvalue weighted by atomic mass is 9.95. The number of nitrogens with zero attached hydrogens (tertiary/aromatic N) is 1. The van der Waals surface area contributed by atoms with E-state index in [0.29, 0.717) is 21.8 Å². The third-order valence-electron chi connectivity index (χ3n) is 5.58. The van der Waals surface area contributed by atoms with Gasteiger partial charge in [-0.2, -0.15) is 0 Å². The molecule has 3 heterocycles. The number of thiophene rings is 2. The summed E-state index contributed by atoms with van der Waals surface area (Å²) in [6.07, 6.45) is 7.69. The molecular formula is C25H21N3O2S2. The standard InChI is InChI=1S/C25H21N3O2S2/c26-22-19-14-16-4-1-2-6-20(16)28-25(19)32-23(22)24(30)27-17-9-7-15(8-10-17)21(29)12-11-18-5-3-13-31-18/h3,5,7-14H,1-2,4,6,26H2,(H,27,30). The number of hydrogen-bond donors (Lipinski definition) is 2. The number of aryl methyl sites for hydroxylation is 2. The number of nitrogen functional groups attached to an aromatic ring is 1. The Kier molecular flexibility index (Phi) is 5.59. The van der Waals surface area contributed by atoms with Crippen molar-refractivity contribution in [2.24, 2.45) is 0 Å². The number of pyridine rings is 1. The predicted molar refractivity (Wildman–Crippen MR) is 133 cm³/mol. The van der Waals surface area contributed by atoms with Gasteiger partial charge in [-0.1, -0.05) is 6.07 Å². The molecule has 32 heavy (non-hydrogen) atoms. The van der Waals surface area contributed by atoms with Crippen molar-refractivity contribution in [3.05, 3.63) is 80.5 Å². The molecule has 3 aromatic heterocycles. The summed E-state index contributed by atoms with van der Waals surface area (Å²) in [6.45, 7) is 0. The van der Waals surface area contributed by atoms with Gasteiger partial charge in [-0.05, 0) is 85.2 Å². The summed E-state index contributed by atoms with van der Waals surface area (Å²) in [5.74, 6) is -0.347. The van der Waals surface area contributed by atoms with Gasteiger partial charge < -0.3 is 11.1 Å². The number of benzene rings is 1. The maximum absolute atomic E-state index is 12.9. The zero-order valence-corrected chi connectivity index (χ0v) is 18.9. The van der Waals surface area contributed by atoms with E-state index >= 15 is 0 Å². The minimum Gasteiger partial charge on any atom is -0.397 e. The average Bonchev–Trinajstić information content (AvgIpc) is 3.44. The van der Waals surface area contributed by atoms with E-state index in [-0.39, 0.29) is 11.7 Å². The Morgan fingerprint density at radius 1 is 1.09 bits per heavy atom. The molecule has 0 spiro atoms. The minimum absolute atomic E-state index is 0.0833. The molecule has 1 aliphatic rings. The molecule has 0 fully saturated rings. The Labute approximate surface area is 193 Å². The number of ketones is 1. The highest BCUT2D eigenvalue weighted by molar-refractivity contribution is 7.21. The van der Waals surface area contributed by atoms with Crippen molar-refractivity contribution in [2.45, 2.75) is 25.7 Å². The average molecular weight is 460 g/mol. The highest BCUT2D eigenvalue weighted by Crippen LogP contribution is 2.35. The summed E-state index contributed by atoms with van der Waals surface area (Å²) in [5, 5.41) is 5.71. The van der Waals surface area contributed by atoms with Crippen LogP contribution in [0.3, 0.4) is 0 Å². The summed E-state index contributed by atoms with van der Waals surface area (Å²) < 4.78 is 0. The largest absolute Gasteiger partial charge is 0.397 e. The van der Waals surface area contributed by atoms with Gasteiger partial charge in [0.25, 0.3) is 5.91 Å². The number of aromatic nitrogens is 1. The van der Waals surface area contributed by atoms with Gasteiger partial charge in [0.05, 0.1) is 5.69 Å². The summed E-state index contributed by atoms with van der Waals surface area (Å²) in [4.78, 5) is 32.3. The number of nitrogens with two attached hydrogens (primary N) is 1. The van der Waals surface area contributed by atoms with Crippen LogP contribution in [0, 0.1) is 0 Å². The van der Waals surface area contributed by atoms with Crippen molar-refractivity contribution in [3.63, 3.8) is 0 Å². The highest BCUT2D eigenvalue weighted by Gasteiger charge is 2.20. The van der Waals surface area contributed by atoms with Crippen LogP contribution in [-0.2, 0) is 12.8 Å². The van der Waals surface area contributed by atoms with Crippen LogP contribution in [0.4, 0.5) is 11.4 Å². The lowest BCUT2D eigenvalue weighted by molar-refractivity contribution is 0.102. The van der Waals surface area contributed by atoms with Gasteiger partial charge in [0.1, 0.15) is 9.71 Å². The molecule has 3 N–H and O–H groups in total. The number of nitrogens with one attached hydrogen (secondary N) is 1. The SMILES string of the molecule is Nc1c(C(=O)Nc2ccc(C(=O)C=Cc3cccs3)cc2)sc2nc3c(cc12)CCCC3. The fourth-order valence-corrected chi connectivity index (χ4v) is 5.48. The molecule has 4 aromatic rings. The number of allylic oxidation sites excluding steroid dienone is 1. The summed E-state index contributed by atoms with van der Waals surface area (Å²) >= 11 is 2.90. The van der Waals surface area contributed by atoms with Gasteiger partial charge >= 0.3 is 0 Å². The number of rotatable bonds is 5. The highest BCUT2D eigenvalue weighted by atomic mass is 32.1. The first-order chi connectivity index (χ1) is 15.6. The van der Waals surface area contributed by atoms with Crippen molar-refractivity contribution in [3.8, 4) is 0 Å². The van der Waals surface area contributed by atoms with Crippen LogP contribution in [0.5, 0.6) is 0 Å². The Bertz CT molecular complexity index is 1340. The molecule has 0 unspecified atom stereocenters. The summed E-state index contributed by atoms with van der Waals surface area (Å²) in [7, 11) is 0. The zero-order valence-electron chi connectivity index (χ0n) is 17.3. The van der Waals surface area contributed by atoms with Gasteiger partial charge in [-0.25, -0.2) is 4.98 Å². The third-order valence-corrected chi connectivity index (χ3v) is 7.53. The van der Waals surface area contributed by atoms with Crippen molar-refractivity contribution in [1.29, 1.82) is 0 Å². The van der Waals surface area contributed by atoms with E-state index in [1.54, 1.807) is 47.8 Å². The Hall–Kier alpha value is -3.29. The maximum Gasteiger partial charge on any atom is 0.267 e. The maximum atomic E-state index is 12.9. The molecule has 1 aliphatic carbocycles. The topological polar surface area (TPSA) is 85.1 Å². The summed E-state index contributed by atoms with van der Waals surface area (Å²) in [5.41, 5.74) is 10.3. The van der Waals surface area contributed by atoms with E-state index < -0.39 is 0 Å². The molecule has 0 bridgehead atoms. The van der Waals surface area contributed by atoms with Crippen molar-refractivity contribution < 1.29 is 9.59 Å². The van der Waals surface area contributed by atoms with Crippen LogP contribution >= 0.6 is 22.7 Å². The van der Waals surface area contributed by atoms with Crippen LogP contribution in [-0.4, -0.2) is 16.7 Å². The number of carbonyl (C=O) groups excluding carboxylic acids is 2. The number of amides is 1. The first-order valence-electron chi connectivity index (χ1n) is 10.5. The second-order valence-corrected chi connectivity index (χ2v) is 9.72. The van der Waals surface area contributed by atoms with Gasteiger partial charge in [-0.15, -0.1) is 22.7 Å². The summed E-state index contributed by atoms with van der Waals surface area (Å²) in [6, 6.07) is 12.9. The molecule has 1 aromatic carbocycles. The van der Waals surface area contributed by atoms with E-state index in [4.69, 9.17) is 10.7 Å². The first kappa shape index (κ1) is 20.6. The first-order valence-corrected chi connectivity index (χ1v) is 12.2. The van der Waals surface area contributed by atoms with Crippen LogP contribution in [0.15, 0.2) is 53.9 Å². The van der Waals surface area contributed by atoms with Gasteiger partial charge in [0.2, 0.25) is 0 Å². The van der Waals surface area contributed by atoms with E-state index in [0.717, 1.165) is 40.1 Å². The molecule has 0 saturated heterocycles. The zero-order chi connectivity index (χ0) is 22.1. The third kappa shape index (κ3) is 4.09. The van der Waals surface area contributed by atoms with E-state index in [1.807, 2.05) is 17.5 Å². The molecule has 0 atom stereocenters. The van der Waals surface area contributed by atoms with Crippen molar-refractivity contribution in [2.75, 3.05) is 11.1 Å². The normalized spacial score (nSPS) is 13.4. The fraction of sp³-hybridized carbons (Fsp3) is 0.160. The Balaban J connectivity index is 1.32. The molecule has 5 nitrogen and oxygen atoms in total. The quantitative estimate of drug-likeness (QED) is 0.284. The molecule has 0 aliphatic heterocycles. The molecular weight excluding hydrogens is 438 g/mol. The monoisotopic (exact) mass is 459 g/mol. The fourth-order valence-electron chi connectivity index (χ4n) is 3.87. The van der Waals surface area contributed by atoms with Crippen LogP contribution in [0.2, 0.25) is 0 Å². The predicted octanol–water partition coefficient (Wildman–Crippen LogP) is 5.97. The minimum atomic E-state index is -0.264. The second kappa shape index (κ2) is 8.68. The van der Waals surface area contributed by atoms with Gasteiger partial charge in [-0.3, -0.25) is 9.59 Å². The van der Waals surface area contributed by atoms with Crippen molar-refractivity contribution >= 4 is 62.0 Å². The van der Waals surface area contributed by atoms with E-state index in [2.05, 4.69) is 11.4 Å². The van der Waals surface area contributed by atoms with E-state index in [1.165, 1.54) is 23.3 Å². The number of carbonyl (C=O) groups is 2. The van der Waals surface area contributed by atoms with Crippen LogP contribution < -0.4 is 11.1 Å². The molecule has 7 heteroatoms. The number of fused-ring (bicyclic) bond motifs is 2. The van der Waals surface area contributed by atoms with Crippen LogP contribution in [0.25, 0.3) is 16.3 Å². The van der Waals surface area contributed by atoms with Gasteiger partial charge in [0, 0.05) is 27.2 Å². The molecule has 5 rings (SSSR count). The lowest BCUT2D eigenvalue weighted by Crippen LogP contribution is -2.12. The Morgan fingerprint density at radius 3 is 2.69 bits per heavy atom. The molecule has 1 amide bonds. The van der Waals surface area contributed by atoms with E-state index in [9.17, 15) is 9.59 Å². The molecule has 0 saturated carbocycles. The number of anilines is 2. The lowest BCUT2D eigenvalue weighted by Gasteiger charge is -2.14.